The molecule has 4 nitrogen and oxygen atoms in total. The van der Waals surface area contributed by atoms with Gasteiger partial charge in [0.15, 0.2) is 0 Å². The van der Waals surface area contributed by atoms with E-state index in [1.54, 1.807) is 18.5 Å². The predicted octanol–water partition coefficient (Wildman–Crippen LogP) is 3.02. The van der Waals surface area contributed by atoms with E-state index in [9.17, 15) is 4.79 Å². The molecule has 0 unspecified atom stereocenters. The number of nitrogens with zero attached hydrogens (tertiary/aromatic N) is 2. The number of hydrogen-bond donors (Lipinski definition) is 1. The first-order chi connectivity index (χ1) is 9.08. The summed E-state index contributed by atoms with van der Waals surface area (Å²) in [7, 11) is 0. The zero-order valence-corrected chi connectivity index (χ0v) is 11.7. The predicted molar refractivity (Wildman–Crippen MR) is 74.4 cm³/mol. The second kappa shape index (κ2) is 5.99. The Balaban J connectivity index is 2.08. The van der Waals surface area contributed by atoms with Gasteiger partial charge >= 0.3 is 0 Å². The van der Waals surface area contributed by atoms with Crippen molar-refractivity contribution < 1.29 is 4.79 Å². The smallest absolute Gasteiger partial charge is 0.254 e. The van der Waals surface area contributed by atoms with Crippen molar-refractivity contribution in [3.63, 3.8) is 0 Å². The molecule has 98 valence electrons. The van der Waals surface area contributed by atoms with Gasteiger partial charge in [0.1, 0.15) is 10.3 Å². The van der Waals surface area contributed by atoms with Crippen LogP contribution >= 0.6 is 23.2 Å². The van der Waals surface area contributed by atoms with Crippen LogP contribution in [-0.4, -0.2) is 15.9 Å². The Morgan fingerprint density at radius 2 is 2.11 bits per heavy atom. The number of aryl methyl sites for hydroxylation is 1. The number of rotatable bonds is 3. The van der Waals surface area contributed by atoms with E-state index in [-0.39, 0.29) is 16.2 Å². The number of pyridine rings is 2. The van der Waals surface area contributed by atoms with Crippen molar-refractivity contribution in [3.8, 4) is 0 Å². The molecule has 0 radical (unpaired) electrons. The minimum Gasteiger partial charge on any atom is -0.348 e. The van der Waals surface area contributed by atoms with Crippen LogP contribution in [0.4, 0.5) is 0 Å². The summed E-state index contributed by atoms with van der Waals surface area (Å²) in [5, 5.41) is 3.11. The number of amides is 1. The number of aromatic nitrogens is 2. The van der Waals surface area contributed by atoms with E-state index in [1.165, 1.54) is 6.07 Å². The Labute approximate surface area is 120 Å². The highest BCUT2D eigenvalue weighted by Crippen LogP contribution is 2.16. The van der Waals surface area contributed by atoms with E-state index in [0.29, 0.717) is 12.1 Å². The molecule has 2 aromatic rings. The van der Waals surface area contributed by atoms with Crippen LogP contribution in [0.5, 0.6) is 0 Å². The first-order valence-electron chi connectivity index (χ1n) is 5.57. The van der Waals surface area contributed by atoms with Crippen LogP contribution < -0.4 is 5.32 Å². The van der Waals surface area contributed by atoms with Crippen molar-refractivity contribution in [2.75, 3.05) is 0 Å². The van der Waals surface area contributed by atoms with Gasteiger partial charge in [0.05, 0.1) is 5.56 Å². The molecule has 0 aliphatic carbocycles. The molecule has 19 heavy (non-hydrogen) atoms. The van der Waals surface area contributed by atoms with Crippen molar-refractivity contribution in [2.24, 2.45) is 0 Å². The Morgan fingerprint density at radius 3 is 2.79 bits per heavy atom. The topological polar surface area (TPSA) is 54.9 Å². The lowest BCUT2D eigenvalue weighted by Gasteiger charge is -2.08. The summed E-state index contributed by atoms with van der Waals surface area (Å²) in [6.07, 6.45) is 3.43. The third kappa shape index (κ3) is 3.43. The molecular formula is C13H11Cl2N3O. The lowest BCUT2D eigenvalue weighted by Crippen LogP contribution is -2.23. The molecule has 1 N–H and O–H groups in total. The summed E-state index contributed by atoms with van der Waals surface area (Å²) >= 11 is 11.5. The van der Waals surface area contributed by atoms with E-state index in [2.05, 4.69) is 15.3 Å². The van der Waals surface area contributed by atoms with Gasteiger partial charge in [-0.25, -0.2) is 4.98 Å². The van der Waals surface area contributed by atoms with Gasteiger partial charge in [-0.1, -0.05) is 23.2 Å². The Hall–Kier alpha value is -1.65. The highest BCUT2D eigenvalue weighted by Gasteiger charge is 2.11. The van der Waals surface area contributed by atoms with Gasteiger partial charge in [0.2, 0.25) is 0 Å². The van der Waals surface area contributed by atoms with Crippen LogP contribution in [0.15, 0.2) is 30.6 Å². The van der Waals surface area contributed by atoms with Crippen LogP contribution in [0.3, 0.4) is 0 Å². The maximum atomic E-state index is 12.0. The summed E-state index contributed by atoms with van der Waals surface area (Å²) in [6.45, 7) is 2.34. The van der Waals surface area contributed by atoms with E-state index in [4.69, 9.17) is 23.2 Å². The van der Waals surface area contributed by atoms with Crippen LogP contribution in [0.2, 0.25) is 10.3 Å². The number of hydrogen-bond acceptors (Lipinski definition) is 3. The molecule has 2 rings (SSSR count). The second-order valence-corrected chi connectivity index (χ2v) is 4.70. The third-order valence-electron chi connectivity index (χ3n) is 2.65. The van der Waals surface area contributed by atoms with Gasteiger partial charge in [0, 0.05) is 18.9 Å². The average Bonchev–Trinajstić information content (AvgIpc) is 2.37. The maximum absolute atomic E-state index is 12.0. The number of carbonyl (C=O) groups is 1. The van der Waals surface area contributed by atoms with Crippen LogP contribution in [0.1, 0.15) is 21.5 Å². The first-order valence-corrected chi connectivity index (χ1v) is 6.33. The Bertz CT molecular complexity index is 617. The minimum atomic E-state index is -0.294. The molecule has 1 amide bonds. The summed E-state index contributed by atoms with van der Waals surface area (Å²) in [5.41, 5.74) is 2.32. The number of carbonyl (C=O) groups excluding carboxylic acids is 1. The van der Waals surface area contributed by atoms with Gasteiger partial charge in [0.25, 0.3) is 5.91 Å². The largest absolute Gasteiger partial charge is 0.348 e. The lowest BCUT2D eigenvalue weighted by atomic mass is 10.1. The van der Waals surface area contributed by atoms with Gasteiger partial charge in [-0.3, -0.25) is 9.78 Å². The average molecular weight is 296 g/mol. The number of nitrogens with one attached hydrogen (secondary N) is 1. The lowest BCUT2D eigenvalue weighted by molar-refractivity contribution is 0.0950. The van der Waals surface area contributed by atoms with Crippen molar-refractivity contribution in [2.45, 2.75) is 13.5 Å². The molecule has 0 fully saturated rings. The molecule has 0 aromatic carbocycles. The van der Waals surface area contributed by atoms with Gasteiger partial charge < -0.3 is 5.32 Å². The quantitative estimate of drug-likeness (QED) is 0.886. The summed E-state index contributed by atoms with van der Waals surface area (Å²) in [4.78, 5) is 19.8. The number of halogens is 2. The van der Waals surface area contributed by atoms with Gasteiger partial charge in [-0.15, -0.1) is 0 Å². The Kier molecular flexibility index (Phi) is 4.35. The van der Waals surface area contributed by atoms with Crippen molar-refractivity contribution in [1.82, 2.24) is 15.3 Å². The molecule has 0 spiro atoms. The zero-order valence-electron chi connectivity index (χ0n) is 10.2. The van der Waals surface area contributed by atoms with Crippen LogP contribution in [0.25, 0.3) is 0 Å². The molecule has 0 aliphatic heterocycles. The molecule has 0 saturated carbocycles. The molecule has 0 bridgehead atoms. The second-order valence-electron chi connectivity index (χ2n) is 3.96. The summed E-state index contributed by atoms with van der Waals surface area (Å²) in [6, 6.07) is 4.96. The van der Waals surface area contributed by atoms with E-state index < -0.39 is 0 Å². The summed E-state index contributed by atoms with van der Waals surface area (Å²) in [5.74, 6) is -0.294. The van der Waals surface area contributed by atoms with Crippen LogP contribution in [-0.2, 0) is 6.54 Å². The van der Waals surface area contributed by atoms with E-state index in [0.717, 1.165) is 11.1 Å². The fourth-order valence-corrected chi connectivity index (χ4v) is 1.96. The summed E-state index contributed by atoms with van der Waals surface area (Å²) < 4.78 is 0. The standard InChI is InChI=1S/C13H11Cl2N3O/c1-8-4-5-16-6-9(8)7-17-13(19)10-2-3-11(14)18-12(10)15/h2-6H,7H2,1H3,(H,17,19). The van der Waals surface area contributed by atoms with Crippen molar-refractivity contribution in [3.05, 3.63) is 57.6 Å². The fraction of sp³-hybridized carbons (Fsp3) is 0.154. The highest BCUT2D eigenvalue weighted by atomic mass is 35.5. The van der Waals surface area contributed by atoms with Crippen LogP contribution in [0, 0.1) is 6.92 Å². The first kappa shape index (κ1) is 13.8. The van der Waals surface area contributed by atoms with Crippen molar-refractivity contribution >= 4 is 29.1 Å². The van der Waals surface area contributed by atoms with Gasteiger partial charge in [-0.2, -0.15) is 0 Å². The SMILES string of the molecule is Cc1ccncc1CNC(=O)c1ccc(Cl)nc1Cl. The maximum Gasteiger partial charge on any atom is 0.254 e. The third-order valence-corrected chi connectivity index (χ3v) is 3.14. The molecule has 2 aromatic heterocycles. The molecule has 2 heterocycles. The van der Waals surface area contributed by atoms with E-state index >= 15 is 0 Å². The zero-order chi connectivity index (χ0) is 13.8. The monoisotopic (exact) mass is 295 g/mol. The van der Waals surface area contributed by atoms with E-state index in [1.807, 2.05) is 13.0 Å². The fourth-order valence-electron chi connectivity index (χ4n) is 1.53. The molecule has 0 atom stereocenters. The van der Waals surface area contributed by atoms with Crippen molar-refractivity contribution in [1.29, 1.82) is 0 Å². The Morgan fingerprint density at radius 1 is 1.32 bits per heavy atom. The minimum absolute atomic E-state index is 0.0907. The molecule has 0 saturated heterocycles. The molecule has 0 aliphatic rings. The molecular weight excluding hydrogens is 285 g/mol. The normalized spacial score (nSPS) is 10.3. The molecule has 6 heteroatoms. The highest BCUT2D eigenvalue weighted by molar-refractivity contribution is 6.34. The van der Waals surface area contributed by atoms with Gasteiger partial charge in [-0.05, 0) is 36.2 Å².